The summed E-state index contributed by atoms with van der Waals surface area (Å²) >= 11 is 0. The number of carbonyl (C=O) groups excluding carboxylic acids is 3. The maximum Gasteiger partial charge on any atom is 0.306 e. The number of allylic oxidation sites excluding steroid dienone is 12. The molecule has 0 aromatic rings. The molecular weight excluding hydrogens is 648 g/mol. The van der Waals surface area contributed by atoms with E-state index >= 15 is 0 Å². The Kier molecular flexibility index (Phi) is 38.2. The van der Waals surface area contributed by atoms with Crippen LogP contribution in [0, 0.1) is 0 Å². The van der Waals surface area contributed by atoms with E-state index in [1.165, 1.54) is 44.9 Å². The van der Waals surface area contributed by atoms with Crippen LogP contribution in [0.4, 0.5) is 0 Å². The zero-order chi connectivity index (χ0) is 38.0. The Hall–Kier alpha value is -3.15. The van der Waals surface area contributed by atoms with Gasteiger partial charge in [-0.25, -0.2) is 0 Å². The zero-order valence-corrected chi connectivity index (χ0v) is 33.5. The predicted molar refractivity (Wildman–Crippen MR) is 219 cm³/mol. The molecule has 0 heterocycles. The van der Waals surface area contributed by atoms with E-state index in [4.69, 9.17) is 14.2 Å². The van der Waals surface area contributed by atoms with Gasteiger partial charge >= 0.3 is 17.9 Å². The summed E-state index contributed by atoms with van der Waals surface area (Å²) in [6.07, 6.45) is 48.9. The number of unbranched alkanes of at least 4 members (excludes halogenated alkanes) is 15. The lowest BCUT2D eigenvalue weighted by atomic mass is 10.1. The van der Waals surface area contributed by atoms with E-state index in [1.54, 1.807) is 0 Å². The fourth-order valence-electron chi connectivity index (χ4n) is 5.40. The minimum atomic E-state index is -0.805. The number of hydrogen-bond acceptors (Lipinski definition) is 6. The summed E-state index contributed by atoms with van der Waals surface area (Å²) in [6.45, 7) is 6.28. The van der Waals surface area contributed by atoms with Gasteiger partial charge < -0.3 is 14.2 Å². The van der Waals surface area contributed by atoms with Crippen molar-refractivity contribution in [3.05, 3.63) is 72.9 Å². The van der Waals surface area contributed by atoms with Crippen molar-refractivity contribution in [3.63, 3.8) is 0 Å². The fourth-order valence-corrected chi connectivity index (χ4v) is 5.40. The van der Waals surface area contributed by atoms with Crippen LogP contribution < -0.4 is 0 Å². The van der Waals surface area contributed by atoms with Gasteiger partial charge in [0.25, 0.3) is 0 Å². The van der Waals surface area contributed by atoms with Crippen LogP contribution in [0.5, 0.6) is 0 Å². The van der Waals surface area contributed by atoms with Gasteiger partial charge in [0.1, 0.15) is 13.2 Å². The summed E-state index contributed by atoms with van der Waals surface area (Å²) in [5, 5.41) is 0. The summed E-state index contributed by atoms with van der Waals surface area (Å²) in [5.74, 6) is -0.990. The molecule has 0 rings (SSSR count). The number of rotatable bonds is 36. The molecule has 296 valence electrons. The Bertz CT molecular complexity index is 1020. The first-order valence-corrected chi connectivity index (χ1v) is 21.0. The third-order valence-electron chi connectivity index (χ3n) is 8.52. The van der Waals surface area contributed by atoms with Gasteiger partial charge in [-0.2, -0.15) is 0 Å². The zero-order valence-electron chi connectivity index (χ0n) is 33.5. The number of carbonyl (C=O) groups is 3. The van der Waals surface area contributed by atoms with Gasteiger partial charge in [0, 0.05) is 19.3 Å². The molecule has 0 spiro atoms. The SMILES string of the molecule is CC\C=C/C=C\C=C/CCCCCCCC(=O)OCC(COC(=O)CCCCCCCCCCCC)OC(=O)CCC/C=C\C/C=C\C/C=C\CC. The molecule has 0 radical (unpaired) electrons. The van der Waals surface area contributed by atoms with Crippen LogP contribution in [0.15, 0.2) is 72.9 Å². The van der Waals surface area contributed by atoms with E-state index in [1.807, 2.05) is 6.08 Å². The molecule has 0 aromatic heterocycles. The van der Waals surface area contributed by atoms with Crippen molar-refractivity contribution in [2.24, 2.45) is 0 Å². The molecule has 1 unspecified atom stereocenters. The minimum absolute atomic E-state index is 0.102. The van der Waals surface area contributed by atoms with Crippen molar-refractivity contribution in [2.75, 3.05) is 13.2 Å². The summed E-state index contributed by atoms with van der Waals surface area (Å²) in [5.41, 5.74) is 0. The Balaban J connectivity index is 4.49. The van der Waals surface area contributed by atoms with Gasteiger partial charge in [-0.3, -0.25) is 14.4 Å². The van der Waals surface area contributed by atoms with E-state index < -0.39 is 6.10 Å². The van der Waals surface area contributed by atoms with E-state index in [-0.39, 0.29) is 37.5 Å². The lowest BCUT2D eigenvalue weighted by Gasteiger charge is -2.18. The summed E-state index contributed by atoms with van der Waals surface area (Å²) < 4.78 is 16.6. The Morgan fingerprint density at radius 2 is 0.865 bits per heavy atom. The molecule has 0 amide bonds. The van der Waals surface area contributed by atoms with Crippen LogP contribution in [0.25, 0.3) is 0 Å². The molecule has 52 heavy (non-hydrogen) atoms. The van der Waals surface area contributed by atoms with Gasteiger partial charge in [0.2, 0.25) is 0 Å². The highest BCUT2D eigenvalue weighted by Gasteiger charge is 2.19. The van der Waals surface area contributed by atoms with Gasteiger partial charge in [-0.1, -0.05) is 171 Å². The van der Waals surface area contributed by atoms with Crippen molar-refractivity contribution in [2.45, 2.75) is 187 Å². The summed E-state index contributed by atoms with van der Waals surface area (Å²) in [4.78, 5) is 37.5. The van der Waals surface area contributed by atoms with Crippen LogP contribution in [0.2, 0.25) is 0 Å². The molecule has 0 fully saturated rings. The molecule has 0 N–H and O–H groups in total. The van der Waals surface area contributed by atoms with Gasteiger partial charge in [-0.05, 0) is 64.2 Å². The number of ether oxygens (including phenoxy) is 3. The number of esters is 3. The van der Waals surface area contributed by atoms with E-state index in [9.17, 15) is 14.4 Å². The molecule has 0 saturated carbocycles. The average Bonchev–Trinajstić information content (AvgIpc) is 3.14. The highest BCUT2D eigenvalue weighted by molar-refractivity contribution is 5.71. The van der Waals surface area contributed by atoms with Gasteiger partial charge in [-0.15, -0.1) is 0 Å². The molecule has 6 nitrogen and oxygen atoms in total. The maximum atomic E-state index is 12.6. The Morgan fingerprint density at radius 3 is 1.42 bits per heavy atom. The smallest absolute Gasteiger partial charge is 0.306 e. The monoisotopic (exact) mass is 725 g/mol. The summed E-state index contributed by atoms with van der Waals surface area (Å²) in [7, 11) is 0. The van der Waals surface area contributed by atoms with Crippen LogP contribution in [-0.2, 0) is 28.6 Å². The molecular formula is C46H76O6. The first-order valence-electron chi connectivity index (χ1n) is 21.0. The third-order valence-corrected chi connectivity index (χ3v) is 8.52. The standard InChI is InChI=1S/C46H76O6/c1-4-7-10-13-16-19-22-23-25-27-30-33-36-39-45(48)51-42-43(41-50-44(47)38-35-32-29-26-21-18-15-12-9-6-3)52-46(49)40-37-34-31-28-24-20-17-14-11-8-5-2/h7-8,10-11,13,16-17,19-20,22,28,31,43H,4-6,9,12,14-15,18,21,23-27,29-30,32-42H2,1-3H3/b10-7-,11-8-,16-13-,20-17-,22-19-,31-28-. The molecule has 0 aromatic carbocycles. The van der Waals surface area contributed by atoms with Gasteiger partial charge in [0.15, 0.2) is 6.10 Å². The quantitative estimate of drug-likeness (QED) is 0.0210. The second kappa shape index (κ2) is 40.6. The first kappa shape index (κ1) is 48.9. The Morgan fingerprint density at radius 1 is 0.423 bits per heavy atom. The second-order valence-electron chi connectivity index (χ2n) is 13.6. The molecule has 1 atom stereocenters. The molecule has 6 heteroatoms. The molecule has 0 aliphatic rings. The van der Waals surface area contributed by atoms with E-state index in [0.717, 1.165) is 89.9 Å². The van der Waals surface area contributed by atoms with Crippen LogP contribution in [0.1, 0.15) is 181 Å². The largest absolute Gasteiger partial charge is 0.462 e. The average molecular weight is 725 g/mol. The third kappa shape index (κ3) is 38.1. The molecule has 0 bridgehead atoms. The van der Waals surface area contributed by atoms with Crippen molar-refractivity contribution in [1.82, 2.24) is 0 Å². The van der Waals surface area contributed by atoms with E-state index in [2.05, 4.69) is 87.6 Å². The number of hydrogen-bond donors (Lipinski definition) is 0. The Labute approximate surface area is 319 Å². The van der Waals surface area contributed by atoms with Crippen molar-refractivity contribution in [3.8, 4) is 0 Å². The fraction of sp³-hybridized carbons (Fsp3) is 0.674. The van der Waals surface area contributed by atoms with Crippen molar-refractivity contribution in [1.29, 1.82) is 0 Å². The lowest BCUT2D eigenvalue weighted by Crippen LogP contribution is -2.30. The van der Waals surface area contributed by atoms with Crippen molar-refractivity contribution < 1.29 is 28.6 Å². The normalized spacial score (nSPS) is 12.8. The molecule has 0 aliphatic heterocycles. The maximum absolute atomic E-state index is 12.6. The van der Waals surface area contributed by atoms with Crippen molar-refractivity contribution >= 4 is 17.9 Å². The predicted octanol–water partition coefficient (Wildman–Crippen LogP) is 13.1. The van der Waals surface area contributed by atoms with E-state index in [0.29, 0.717) is 19.3 Å². The summed E-state index contributed by atoms with van der Waals surface area (Å²) in [6, 6.07) is 0. The van der Waals surface area contributed by atoms with Crippen LogP contribution in [0.3, 0.4) is 0 Å². The topological polar surface area (TPSA) is 78.9 Å². The lowest BCUT2D eigenvalue weighted by molar-refractivity contribution is -0.167. The van der Waals surface area contributed by atoms with Gasteiger partial charge in [0.05, 0.1) is 0 Å². The highest BCUT2D eigenvalue weighted by atomic mass is 16.6. The molecule has 0 saturated heterocycles. The van der Waals surface area contributed by atoms with Crippen LogP contribution in [-0.4, -0.2) is 37.2 Å². The highest BCUT2D eigenvalue weighted by Crippen LogP contribution is 2.13. The minimum Gasteiger partial charge on any atom is -0.462 e. The first-order chi connectivity index (χ1) is 25.5. The second-order valence-corrected chi connectivity index (χ2v) is 13.6. The van der Waals surface area contributed by atoms with Crippen LogP contribution >= 0.6 is 0 Å². The molecule has 0 aliphatic carbocycles.